The Morgan fingerprint density at radius 3 is 2.54 bits per heavy atom. The van der Waals surface area contributed by atoms with Crippen molar-refractivity contribution < 1.29 is 4.39 Å². The summed E-state index contributed by atoms with van der Waals surface area (Å²) >= 11 is 0. The molecule has 1 fully saturated rings. The average Bonchev–Trinajstić information content (AvgIpc) is 2.92. The van der Waals surface area contributed by atoms with Crippen LogP contribution in [0, 0.1) is 11.7 Å². The minimum atomic E-state index is -0.204. The third kappa shape index (κ3) is 5.97. The highest BCUT2D eigenvalue weighted by molar-refractivity contribution is 14.0. The number of likely N-dealkylation sites (tertiary alicyclic amines) is 1. The van der Waals surface area contributed by atoms with Crippen LogP contribution in [0.4, 0.5) is 10.1 Å². The molecule has 1 aliphatic rings. The van der Waals surface area contributed by atoms with Crippen molar-refractivity contribution in [1.82, 2.24) is 15.5 Å². The molecule has 2 N–H and O–H groups in total. The Morgan fingerprint density at radius 1 is 1.35 bits per heavy atom. The average molecular weight is 477 g/mol. The van der Waals surface area contributed by atoms with Crippen molar-refractivity contribution >= 4 is 35.6 Å². The number of nitrogens with one attached hydrogen (secondary N) is 2. The van der Waals surface area contributed by atoms with Crippen molar-refractivity contribution in [3.8, 4) is 0 Å². The topological polar surface area (TPSA) is 42.9 Å². The maximum atomic E-state index is 14.1. The molecule has 7 heteroatoms. The summed E-state index contributed by atoms with van der Waals surface area (Å²) in [4.78, 5) is 8.56. The van der Waals surface area contributed by atoms with Crippen molar-refractivity contribution in [3.63, 3.8) is 0 Å². The Kier molecular flexibility index (Phi) is 9.09. The van der Waals surface area contributed by atoms with Crippen LogP contribution in [0.5, 0.6) is 0 Å². The van der Waals surface area contributed by atoms with Crippen molar-refractivity contribution in [2.75, 3.05) is 39.1 Å². The summed E-state index contributed by atoms with van der Waals surface area (Å²) in [6.07, 6.45) is 0. The van der Waals surface area contributed by atoms with Gasteiger partial charge in [0.1, 0.15) is 5.82 Å². The van der Waals surface area contributed by atoms with Gasteiger partial charge in [-0.3, -0.25) is 9.89 Å². The van der Waals surface area contributed by atoms with Crippen LogP contribution in [0.25, 0.3) is 0 Å². The second kappa shape index (κ2) is 10.3. The first-order valence-electron chi connectivity index (χ1n) is 8.98. The first kappa shape index (κ1) is 23.0. The SMILES string of the molecule is CN=C(NCc1ccc(N(C)C)c(F)c1)NC1CN(C(C)C)CC1C.I. The molecule has 5 nitrogen and oxygen atoms in total. The standard InChI is InChI=1S/C19H32FN5.HI/c1-13(2)25-11-14(3)17(12-25)23-19(21-4)22-10-15-7-8-18(24(5)6)16(20)9-15;/h7-9,13-14,17H,10-12H2,1-6H3,(H2,21,22,23);1H. The van der Waals surface area contributed by atoms with Gasteiger partial charge in [0.15, 0.2) is 5.96 Å². The molecule has 0 aromatic heterocycles. The number of halogens is 2. The van der Waals surface area contributed by atoms with E-state index < -0.39 is 0 Å². The van der Waals surface area contributed by atoms with Crippen LogP contribution < -0.4 is 15.5 Å². The van der Waals surface area contributed by atoms with Crippen LogP contribution in [0.1, 0.15) is 26.3 Å². The second-order valence-corrected chi connectivity index (χ2v) is 7.38. The van der Waals surface area contributed by atoms with E-state index in [1.807, 2.05) is 26.2 Å². The highest BCUT2D eigenvalue weighted by Crippen LogP contribution is 2.19. The number of aliphatic imine (C=N–C) groups is 1. The molecule has 2 rings (SSSR count). The Balaban J connectivity index is 0.00000338. The fourth-order valence-electron chi connectivity index (χ4n) is 3.19. The lowest BCUT2D eigenvalue weighted by Crippen LogP contribution is -2.46. The van der Waals surface area contributed by atoms with Crippen LogP contribution in [-0.2, 0) is 6.54 Å². The molecule has 1 heterocycles. The molecule has 1 aromatic rings. The molecule has 1 aromatic carbocycles. The Labute approximate surface area is 174 Å². The fourth-order valence-corrected chi connectivity index (χ4v) is 3.19. The quantitative estimate of drug-likeness (QED) is 0.389. The fraction of sp³-hybridized carbons (Fsp3) is 0.632. The Hall–Kier alpha value is -1.09. The molecule has 1 saturated heterocycles. The van der Waals surface area contributed by atoms with E-state index in [4.69, 9.17) is 0 Å². The van der Waals surface area contributed by atoms with Gasteiger partial charge in [-0.05, 0) is 37.5 Å². The number of benzene rings is 1. The maximum absolute atomic E-state index is 14.1. The molecule has 0 saturated carbocycles. The molecule has 0 radical (unpaired) electrons. The zero-order valence-corrected chi connectivity index (χ0v) is 19.0. The van der Waals surface area contributed by atoms with E-state index in [0.717, 1.165) is 24.6 Å². The zero-order valence-electron chi connectivity index (χ0n) is 16.7. The van der Waals surface area contributed by atoms with Gasteiger partial charge < -0.3 is 15.5 Å². The summed E-state index contributed by atoms with van der Waals surface area (Å²) in [6.45, 7) is 9.39. The molecule has 1 aliphatic heterocycles. The van der Waals surface area contributed by atoms with Crippen LogP contribution in [0.3, 0.4) is 0 Å². The smallest absolute Gasteiger partial charge is 0.191 e. The van der Waals surface area contributed by atoms with E-state index in [2.05, 4.69) is 41.3 Å². The van der Waals surface area contributed by atoms with Crippen LogP contribution >= 0.6 is 24.0 Å². The molecular weight excluding hydrogens is 444 g/mol. The first-order valence-corrected chi connectivity index (χ1v) is 8.98. The summed E-state index contributed by atoms with van der Waals surface area (Å²) < 4.78 is 14.1. The van der Waals surface area contributed by atoms with Gasteiger partial charge in [0.2, 0.25) is 0 Å². The van der Waals surface area contributed by atoms with Gasteiger partial charge >= 0.3 is 0 Å². The summed E-state index contributed by atoms with van der Waals surface area (Å²) in [5.41, 5.74) is 1.49. The zero-order chi connectivity index (χ0) is 18.6. The van der Waals surface area contributed by atoms with E-state index >= 15 is 0 Å². The number of nitrogens with zero attached hydrogens (tertiary/aromatic N) is 3. The predicted octanol–water partition coefficient (Wildman–Crippen LogP) is 2.90. The van der Waals surface area contributed by atoms with E-state index in [1.54, 1.807) is 18.0 Å². The molecule has 0 bridgehead atoms. The second-order valence-electron chi connectivity index (χ2n) is 7.38. The third-order valence-corrected chi connectivity index (χ3v) is 4.87. The van der Waals surface area contributed by atoms with Crippen molar-refractivity contribution in [3.05, 3.63) is 29.6 Å². The first-order chi connectivity index (χ1) is 11.8. The summed E-state index contributed by atoms with van der Waals surface area (Å²) in [7, 11) is 5.45. The summed E-state index contributed by atoms with van der Waals surface area (Å²) in [5, 5.41) is 6.80. The third-order valence-electron chi connectivity index (χ3n) is 4.87. The van der Waals surface area contributed by atoms with Crippen LogP contribution in [0.2, 0.25) is 0 Å². The van der Waals surface area contributed by atoms with Gasteiger partial charge in [0.05, 0.1) is 5.69 Å². The van der Waals surface area contributed by atoms with Gasteiger partial charge in [-0.15, -0.1) is 24.0 Å². The van der Waals surface area contributed by atoms with E-state index in [9.17, 15) is 4.39 Å². The van der Waals surface area contributed by atoms with E-state index in [1.165, 1.54) is 0 Å². The molecular formula is C19H33FIN5. The maximum Gasteiger partial charge on any atom is 0.191 e. The van der Waals surface area contributed by atoms with Gasteiger partial charge in [0.25, 0.3) is 0 Å². The van der Waals surface area contributed by atoms with Crippen molar-refractivity contribution in [1.29, 1.82) is 0 Å². The summed E-state index contributed by atoms with van der Waals surface area (Å²) in [6, 6.07) is 6.26. The molecule has 2 atom stereocenters. The number of hydrogen-bond donors (Lipinski definition) is 2. The number of anilines is 1. The van der Waals surface area contributed by atoms with Crippen LogP contribution in [0.15, 0.2) is 23.2 Å². The van der Waals surface area contributed by atoms with Crippen molar-refractivity contribution in [2.24, 2.45) is 10.9 Å². The van der Waals surface area contributed by atoms with Crippen LogP contribution in [-0.4, -0.2) is 57.2 Å². The van der Waals surface area contributed by atoms with Gasteiger partial charge in [0, 0.05) is 52.9 Å². The predicted molar refractivity (Wildman–Crippen MR) is 119 cm³/mol. The van der Waals surface area contributed by atoms with Gasteiger partial charge in [-0.2, -0.15) is 0 Å². The lowest BCUT2D eigenvalue weighted by Gasteiger charge is -2.22. The largest absolute Gasteiger partial charge is 0.375 e. The van der Waals surface area contributed by atoms with Gasteiger partial charge in [-0.1, -0.05) is 13.0 Å². The summed E-state index contributed by atoms with van der Waals surface area (Å²) in [5.74, 6) is 1.13. The lowest BCUT2D eigenvalue weighted by atomic mass is 10.1. The lowest BCUT2D eigenvalue weighted by molar-refractivity contribution is 0.265. The number of hydrogen-bond acceptors (Lipinski definition) is 3. The Bertz CT molecular complexity index is 606. The Morgan fingerprint density at radius 2 is 2.04 bits per heavy atom. The highest BCUT2D eigenvalue weighted by Gasteiger charge is 2.31. The molecule has 0 amide bonds. The molecule has 0 aliphatic carbocycles. The van der Waals surface area contributed by atoms with E-state index in [0.29, 0.717) is 30.2 Å². The number of guanidine groups is 1. The van der Waals surface area contributed by atoms with Crippen molar-refractivity contribution in [2.45, 2.75) is 39.4 Å². The molecule has 148 valence electrons. The normalized spacial score (nSPS) is 20.8. The minimum Gasteiger partial charge on any atom is -0.375 e. The molecule has 0 spiro atoms. The van der Waals surface area contributed by atoms with Gasteiger partial charge in [-0.25, -0.2) is 4.39 Å². The minimum absolute atomic E-state index is 0. The molecule has 2 unspecified atom stereocenters. The van der Waals surface area contributed by atoms with E-state index in [-0.39, 0.29) is 29.8 Å². The highest BCUT2D eigenvalue weighted by atomic mass is 127. The number of rotatable bonds is 5. The monoisotopic (exact) mass is 477 g/mol. The molecule has 26 heavy (non-hydrogen) atoms.